The molecule has 0 aromatic heterocycles. The first-order valence-electron chi connectivity index (χ1n) is 6.45. The number of piperidine rings is 1. The van der Waals surface area contributed by atoms with E-state index in [1.54, 1.807) is 0 Å². The molecule has 2 heteroatoms. The minimum atomic E-state index is -0.473. The van der Waals surface area contributed by atoms with Crippen molar-refractivity contribution in [3.8, 4) is 0 Å². The van der Waals surface area contributed by atoms with Crippen LogP contribution in [0.4, 0.5) is 0 Å². The lowest BCUT2D eigenvalue weighted by Gasteiger charge is -2.32. The zero-order chi connectivity index (χ0) is 11.3. The Morgan fingerprint density at radius 2 is 2.13 bits per heavy atom. The average molecular weight is 213 g/mol. The molecule has 0 amide bonds. The third-order valence-electron chi connectivity index (χ3n) is 3.36. The Labute approximate surface area is 94.5 Å². The molecule has 15 heavy (non-hydrogen) atoms. The van der Waals surface area contributed by atoms with Gasteiger partial charge in [-0.25, -0.2) is 0 Å². The van der Waals surface area contributed by atoms with Crippen LogP contribution >= 0.6 is 0 Å². The van der Waals surface area contributed by atoms with Crippen molar-refractivity contribution >= 4 is 0 Å². The molecule has 90 valence electrons. The van der Waals surface area contributed by atoms with Crippen molar-refractivity contribution in [1.29, 1.82) is 0 Å². The van der Waals surface area contributed by atoms with Crippen LogP contribution in [0.3, 0.4) is 0 Å². The fraction of sp³-hybridized carbons (Fsp3) is 1.00. The van der Waals surface area contributed by atoms with Crippen molar-refractivity contribution in [1.82, 2.24) is 5.32 Å². The molecule has 0 saturated carbocycles. The normalized spacial score (nSPS) is 26.6. The van der Waals surface area contributed by atoms with Gasteiger partial charge < -0.3 is 10.4 Å². The lowest BCUT2D eigenvalue weighted by atomic mass is 9.87. The van der Waals surface area contributed by atoms with Gasteiger partial charge in [0.1, 0.15) is 0 Å². The minimum absolute atomic E-state index is 0.473. The number of hydrogen-bond acceptors (Lipinski definition) is 2. The topological polar surface area (TPSA) is 32.3 Å². The quantitative estimate of drug-likeness (QED) is 0.736. The van der Waals surface area contributed by atoms with Gasteiger partial charge >= 0.3 is 0 Å². The predicted molar refractivity (Wildman–Crippen MR) is 65.0 cm³/mol. The maximum absolute atomic E-state index is 10.3. The number of aliphatic hydroxyl groups is 1. The lowest BCUT2D eigenvalue weighted by Crippen LogP contribution is -2.41. The Kier molecular flexibility index (Phi) is 5.07. The van der Waals surface area contributed by atoms with Gasteiger partial charge in [-0.05, 0) is 51.5 Å². The Balaban J connectivity index is 2.26. The van der Waals surface area contributed by atoms with Crippen LogP contribution < -0.4 is 5.32 Å². The Morgan fingerprint density at radius 1 is 1.40 bits per heavy atom. The number of nitrogens with one attached hydrogen (secondary N) is 1. The highest BCUT2D eigenvalue weighted by atomic mass is 16.3. The summed E-state index contributed by atoms with van der Waals surface area (Å²) in [5.74, 6) is 0.691. The fourth-order valence-corrected chi connectivity index (χ4v) is 2.33. The standard InChI is InChI=1S/C13H27NO/c1-11(2)7-8-13(3,15)10-12-6-4-5-9-14-12/h11-12,14-15H,4-10H2,1-3H3. The average Bonchev–Trinajstić information content (AvgIpc) is 2.16. The molecule has 1 fully saturated rings. The molecule has 2 nitrogen and oxygen atoms in total. The van der Waals surface area contributed by atoms with Gasteiger partial charge in [-0.1, -0.05) is 20.3 Å². The lowest BCUT2D eigenvalue weighted by molar-refractivity contribution is 0.0237. The van der Waals surface area contributed by atoms with Gasteiger partial charge in [-0.15, -0.1) is 0 Å². The molecular formula is C13H27NO. The van der Waals surface area contributed by atoms with E-state index in [1.807, 2.05) is 6.92 Å². The van der Waals surface area contributed by atoms with Crippen molar-refractivity contribution in [3.05, 3.63) is 0 Å². The second-order valence-corrected chi connectivity index (χ2v) is 5.78. The molecule has 0 radical (unpaired) electrons. The van der Waals surface area contributed by atoms with E-state index in [1.165, 1.54) is 19.3 Å². The summed E-state index contributed by atoms with van der Waals surface area (Å²) in [5.41, 5.74) is -0.473. The second kappa shape index (κ2) is 5.86. The first-order chi connectivity index (χ1) is 6.99. The van der Waals surface area contributed by atoms with Gasteiger partial charge in [-0.3, -0.25) is 0 Å². The maximum Gasteiger partial charge on any atom is 0.0634 e. The molecule has 1 aliphatic rings. The molecular weight excluding hydrogens is 186 g/mol. The first-order valence-corrected chi connectivity index (χ1v) is 6.45. The highest BCUT2D eigenvalue weighted by Crippen LogP contribution is 2.24. The summed E-state index contributed by atoms with van der Waals surface area (Å²) in [5, 5.41) is 13.8. The molecule has 2 unspecified atom stereocenters. The van der Waals surface area contributed by atoms with Crippen molar-refractivity contribution in [3.63, 3.8) is 0 Å². The van der Waals surface area contributed by atoms with Crippen LogP contribution in [0, 0.1) is 5.92 Å². The predicted octanol–water partition coefficient (Wildman–Crippen LogP) is 2.71. The molecule has 2 N–H and O–H groups in total. The highest BCUT2D eigenvalue weighted by Gasteiger charge is 2.26. The summed E-state index contributed by atoms with van der Waals surface area (Å²) < 4.78 is 0. The van der Waals surface area contributed by atoms with Crippen molar-refractivity contribution in [2.75, 3.05) is 6.54 Å². The van der Waals surface area contributed by atoms with Crippen molar-refractivity contribution in [2.24, 2.45) is 5.92 Å². The monoisotopic (exact) mass is 213 g/mol. The highest BCUT2D eigenvalue weighted by molar-refractivity contribution is 4.82. The summed E-state index contributed by atoms with van der Waals surface area (Å²) in [6.45, 7) is 7.56. The van der Waals surface area contributed by atoms with Crippen LogP contribution in [0.5, 0.6) is 0 Å². The van der Waals surface area contributed by atoms with E-state index in [0.29, 0.717) is 12.0 Å². The van der Waals surface area contributed by atoms with Gasteiger partial charge in [-0.2, -0.15) is 0 Å². The second-order valence-electron chi connectivity index (χ2n) is 5.78. The maximum atomic E-state index is 10.3. The van der Waals surface area contributed by atoms with Crippen LogP contribution in [0.2, 0.25) is 0 Å². The van der Waals surface area contributed by atoms with E-state index in [9.17, 15) is 5.11 Å². The van der Waals surface area contributed by atoms with E-state index in [-0.39, 0.29) is 0 Å². The molecule has 1 aliphatic heterocycles. The van der Waals surface area contributed by atoms with Gasteiger partial charge in [0.2, 0.25) is 0 Å². The fourth-order valence-electron chi connectivity index (χ4n) is 2.33. The third-order valence-corrected chi connectivity index (χ3v) is 3.36. The number of rotatable bonds is 5. The van der Waals surface area contributed by atoms with Crippen LogP contribution in [0.25, 0.3) is 0 Å². The number of hydrogen-bond donors (Lipinski definition) is 2. The van der Waals surface area contributed by atoms with E-state index >= 15 is 0 Å². The Bertz CT molecular complexity index is 171. The van der Waals surface area contributed by atoms with Gasteiger partial charge in [0.25, 0.3) is 0 Å². The van der Waals surface area contributed by atoms with Crippen LogP contribution in [-0.4, -0.2) is 23.3 Å². The zero-order valence-electron chi connectivity index (χ0n) is 10.6. The molecule has 1 saturated heterocycles. The summed E-state index contributed by atoms with van der Waals surface area (Å²) >= 11 is 0. The van der Waals surface area contributed by atoms with Crippen molar-refractivity contribution < 1.29 is 5.11 Å². The Hall–Kier alpha value is -0.0800. The molecule has 0 aromatic carbocycles. The smallest absolute Gasteiger partial charge is 0.0634 e. The van der Waals surface area contributed by atoms with Gasteiger partial charge in [0.15, 0.2) is 0 Å². The summed E-state index contributed by atoms with van der Waals surface area (Å²) in [4.78, 5) is 0. The zero-order valence-corrected chi connectivity index (χ0v) is 10.6. The SMILES string of the molecule is CC(C)CCC(C)(O)CC1CCCCN1. The van der Waals surface area contributed by atoms with Crippen molar-refractivity contribution in [2.45, 2.75) is 70.9 Å². The van der Waals surface area contributed by atoms with Gasteiger partial charge in [0, 0.05) is 6.04 Å². The van der Waals surface area contributed by atoms with Gasteiger partial charge in [0.05, 0.1) is 5.60 Å². The van der Waals surface area contributed by atoms with Crippen LogP contribution in [0.15, 0.2) is 0 Å². The molecule has 1 rings (SSSR count). The summed E-state index contributed by atoms with van der Waals surface area (Å²) in [6.07, 6.45) is 6.82. The molecule has 1 heterocycles. The third kappa shape index (κ3) is 5.53. The van der Waals surface area contributed by atoms with E-state index in [4.69, 9.17) is 0 Å². The van der Waals surface area contributed by atoms with Crippen LogP contribution in [0.1, 0.15) is 59.3 Å². The molecule has 0 bridgehead atoms. The first kappa shape index (κ1) is 13.0. The van der Waals surface area contributed by atoms with Crippen LogP contribution in [-0.2, 0) is 0 Å². The summed E-state index contributed by atoms with van der Waals surface area (Å²) in [6, 6.07) is 0.543. The Morgan fingerprint density at radius 3 is 2.67 bits per heavy atom. The van der Waals surface area contributed by atoms with E-state index < -0.39 is 5.60 Å². The molecule has 0 aromatic rings. The largest absolute Gasteiger partial charge is 0.390 e. The molecule has 0 aliphatic carbocycles. The molecule has 2 atom stereocenters. The molecule has 0 spiro atoms. The van der Waals surface area contributed by atoms with E-state index in [0.717, 1.165) is 25.8 Å². The minimum Gasteiger partial charge on any atom is -0.390 e. The van der Waals surface area contributed by atoms with E-state index in [2.05, 4.69) is 19.2 Å². The summed E-state index contributed by atoms with van der Waals surface area (Å²) in [7, 11) is 0.